The Hall–Kier alpha value is -0.910. The van der Waals surface area contributed by atoms with E-state index in [0.717, 1.165) is 31.0 Å². The number of nitrogens with zero attached hydrogens (tertiary/aromatic N) is 3. The van der Waals surface area contributed by atoms with E-state index in [1.54, 1.807) is 6.92 Å². The third kappa shape index (κ3) is 2.19. The van der Waals surface area contributed by atoms with Crippen LogP contribution < -0.4 is 0 Å². The number of hydrogen-bond donors (Lipinski definition) is 2. The number of aromatic nitrogens is 2. The zero-order valence-corrected chi connectivity index (χ0v) is 8.93. The van der Waals surface area contributed by atoms with Crippen LogP contribution >= 0.6 is 0 Å². The molecule has 15 heavy (non-hydrogen) atoms. The normalized spacial score (nSPS) is 18.9. The molecule has 0 unspecified atom stereocenters. The minimum atomic E-state index is -0.505. The predicted octanol–water partition coefficient (Wildman–Crippen LogP) is -0.256. The van der Waals surface area contributed by atoms with Crippen LogP contribution in [0.1, 0.15) is 24.4 Å². The van der Waals surface area contributed by atoms with Crippen molar-refractivity contribution in [1.29, 1.82) is 0 Å². The summed E-state index contributed by atoms with van der Waals surface area (Å²) in [6.07, 6.45) is -0.505. The van der Waals surface area contributed by atoms with Crippen LogP contribution in [-0.4, -0.2) is 44.6 Å². The van der Waals surface area contributed by atoms with Gasteiger partial charge in [-0.15, -0.1) is 0 Å². The van der Waals surface area contributed by atoms with Gasteiger partial charge in [-0.05, 0) is 13.0 Å². The number of aliphatic hydroxyl groups is 2. The van der Waals surface area contributed by atoms with Crippen LogP contribution in [0, 0.1) is 0 Å². The van der Waals surface area contributed by atoms with Crippen molar-refractivity contribution >= 4 is 0 Å². The molecule has 0 radical (unpaired) electrons. The molecule has 0 spiro atoms. The SMILES string of the molecule is C[C@H](O)c1cc2n(n1)CCN(CCO)C2. The Balaban J connectivity index is 2.12. The summed E-state index contributed by atoms with van der Waals surface area (Å²) in [6, 6.07) is 1.94. The maximum atomic E-state index is 9.41. The number of aliphatic hydroxyl groups excluding tert-OH is 2. The fourth-order valence-electron chi connectivity index (χ4n) is 1.88. The van der Waals surface area contributed by atoms with Gasteiger partial charge in [0, 0.05) is 19.6 Å². The molecule has 2 rings (SSSR count). The summed E-state index contributed by atoms with van der Waals surface area (Å²) >= 11 is 0. The van der Waals surface area contributed by atoms with Gasteiger partial charge in [-0.2, -0.15) is 5.10 Å². The first-order chi connectivity index (χ1) is 7.20. The average Bonchev–Trinajstić information content (AvgIpc) is 2.61. The second-order valence-corrected chi connectivity index (χ2v) is 3.96. The Morgan fingerprint density at radius 1 is 1.53 bits per heavy atom. The highest BCUT2D eigenvalue weighted by atomic mass is 16.3. The van der Waals surface area contributed by atoms with Crippen molar-refractivity contribution in [3.8, 4) is 0 Å². The van der Waals surface area contributed by atoms with Gasteiger partial charge in [-0.1, -0.05) is 0 Å². The Bertz CT molecular complexity index is 335. The van der Waals surface area contributed by atoms with Crippen molar-refractivity contribution in [3.05, 3.63) is 17.5 Å². The Morgan fingerprint density at radius 3 is 3.00 bits per heavy atom. The van der Waals surface area contributed by atoms with E-state index in [-0.39, 0.29) is 6.61 Å². The van der Waals surface area contributed by atoms with E-state index in [1.165, 1.54) is 0 Å². The van der Waals surface area contributed by atoms with Crippen molar-refractivity contribution in [2.24, 2.45) is 0 Å². The lowest BCUT2D eigenvalue weighted by atomic mass is 10.2. The molecular weight excluding hydrogens is 194 g/mol. The van der Waals surface area contributed by atoms with Gasteiger partial charge in [0.1, 0.15) is 0 Å². The molecule has 0 fully saturated rings. The van der Waals surface area contributed by atoms with E-state index < -0.39 is 6.10 Å². The molecule has 0 aromatic carbocycles. The standard InChI is InChI=1S/C10H17N3O2/c1-8(15)10-6-9-7-12(4-5-14)2-3-13(9)11-10/h6,8,14-15H,2-5,7H2,1H3/t8-/m0/s1. The van der Waals surface area contributed by atoms with Crippen LogP contribution in [0.2, 0.25) is 0 Å². The molecule has 1 aromatic heterocycles. The molecule has 0 bridgehead atoms. The highest BCUT2D eigenvalue weighted by Gasteiger charge is 2.18. The molecule has 5 heteroatoms. The first kappa shape index (κ1) is 10.6. The second-order valence-electron chi connectivity index (χ2n) is 3.96. The van der Waals surface area contributed by atoms with Gasteiger partial charge in [0.25, 0.3) is 0 Å². The van der Waals surface area contributed by atoms with Crippen molar-refractivity contribution in [2.75, 3.05) is 19.7 Å². The van der Waals surface area contributed by atoms with Crippen LogP contribution in [0.5, 0.6) is 0 Å². The number of hydrogen-bond acceptors (Lipinski definition) is 4. The smallest absolute Gasteiger partial charge is 0.0950 e. The van der Waals surface area contributed by atoms with Gasteiger partial charge in [0.05, 0.1) is 30.6 Å². The van der Waals surface area contributed by atoms with Crippen LogP contribution in [0.3, 0.4) is 0 Å². The topological polar surface area (TPSA) is 61.5 Å². The fraction of sp³-hybridized carbons (Fsp3) is 0.700. The van der Waals surface area contributed by atoms with Crippen LogP contribution in [-0.2, 0) is 13.1 Å². The van der Waals surface area contributed by atoms with E-state index in [9.17, 15) is 5.11 Å². The largest absolute Gasteiger partial charge is 0.395 e. The minimum Gasteiger partial charge on any atom is -0.395 e. The van der Waals surface area contributed by atoms with Crippen molar-refractivity contribution in [2.45, 2.75) is 26.1 Å². The maximum Gasteiger partial charge on any atom is 0.0950 e. The first-order valence-electron chi connectivity index (χ1n) is 5.28. The minimum absolute atomic E-state index is 0.192. The van der Waals surface area contributed by atoms with E-state index in [1.807, 2.05) is 10.7 Å². The molecule has 1 atom stereocenters. The highest BCUT2D eigenvalue weighted by Crippen LogP contribution is 2.17. The second kappa shape index (κ2) is 4.30. The van der Waals surface area contributed by atoms with E-state index in [4.69, 9.17) is 5.11 Å². The van der Waals surface area contributed by atoms with Crippen LogP contribution in [0.4, 0.5) is 0 Å². The Labute approximate surface area is 88.9 Å². The summed E-state index contributed by atoms with van der Waals surface area (Å²) < 4.78 is 1.94. The highest BCUT2D eigenvalue weighted by molar-refractivity contribution is 5.13. The third-order valence-corrected chi connectivity index (χ3v) is 2.74. The van der Waals surface area contributed by atoms with Crippen molar-refractivity contribution < 1.29 is 10.2 Å². The zero-order valence-electron chi connectivity index (χ0n) is 8.93. The summed E-state index contributed by atoms with van der Waals surface area (Å²) in [7, 11) is 0. The summed E-state index contributed by atoms with van der Waals surface area (Å²) in [6.45, 7) is 5.17. The summed E-state index contributed by atoms with van der Waals surface area (Å²) in [5.41, 5.74) is 1.85. The van der Waals surface area contributed by atoms with E-state index in [0.29, 0.717) is 6.54 Å². The van der Waals surface area contributed by atoms with Gasteiger partial charge in [-0.3, -0.25) is 9.58 Å². The number of rotatable bonds is 3. The molecule has 0 amide bonds. The molecule has 0 aliphatic carbocycles. The lowest BCUT2D eigenvalue weighted by molar-refractivity contribution is 0.162. The number of fused-ring (bicyclic) bond motifs is 1. The number of β-amino-alcohol motifs (C(OH)–C–C–N with tert-alkyl or cyclic N) is 1. The van der Waals surface area contributed by atoms with Gasteiger partial charge in [0.15, 0.2) is 0 Å². The van der Waals surface area contributed by atoms with Gasteiger partial charge in [0.2, 0.25) is 0 Å². The monoisotopic (exact) mass is 211 g/mol. The first-order valence-corrected chi connectivity index (χ1v) is 5.28. The summed E-state index contributed by atoms with van der Waals surface area (Å²) in [5.74, 6) is 0. The molecule has 2 heterocycles. The predicted molar refractivity (Wildman–Crippen MR) is 55.2 cm³/mol. The fourth-order valence-corrected chi connectivity index (χ4v) is 1.88. The molecule has 5 nitrogen and oxygen atoms in total. The zero-order chi connectivity index (χ0) is 10.8. The molecule has 0 saturated carbocycles. The molecule has 1 aliphatic rings. The molecule has 1 aliphatic heterocycles. The average molecular weight is 211 g/mol. The molecule has 84 valence electrons. The van der Waals surface area contributed by atoms with Crippen LogP contribution in [0.15, 0.2) is 6.07 Å². The quantitative estimate of drug-likeness (QED) is 0.723. The van der Waals surface area contributed by atoms with Crippen molar-refractivity contribution in [3.63, 3.8) is 0 Å². The van der Waals surface area contributed by atoms with E-state index in [2.05, 4.69) is 10.00 Å². The molecular formula is C10H17N3O2. The van der Waals surface area contributed by atoms with E-state index >= 15 is 0 Å². The molecule has 2 N–H and O–H groups in total. The summed E-state index contributed by atoms with van der Waals surface area (Å²) in [5, 5.41) is 22.6. The third-order valence-electron chi connectivity index (χ3n) is 2.74. The van der Waals surface area contributed by atoms with Crippen molar-refractivity contribution in [1.82, 2.24) is 14.7 Å². The molecule has 1 aromatic rings. The lowest BCUT2D eigenvalue weighted by Crippen LogP contribution is -2.35. The molecule has 0 saturated heterocycles. The van der Waals surface area contributed by atoms with Crippen LogP contribution in [0.25, 0.3) is 0 Å². The Morgan fingerprint density at radius 2 is 2.33 bits per heavy atom. The van der Waals surface area contributed by atoms with Gasteiger partial charge in [-0.25, -0.2) is 0 Å². The maximum absolute atomic E-state index is 9.41. The van der Waals surface area contributed by atoms with Gasteiger partial charge >= 0.3 is 0 Å². The Kier molecular flexibility index (Phi) is 3.04. The lowest BCUT2D eigenvalue weighted by Gasteiger charge is -2.26. The summed E-state index contributed by atoms with van der Waals surface area (Å²) in [4.78, 5) is 2.18. The van der Waals surface area contributed by atoms with Gasteiger partial charge < -0.3 is 10.2 Å².